The summed E-state index contributed by atoms with van der Waals surface area (Å²) in [4.78, 5) is 4.69. The van der Waals surface area contributed by atoms with Gasteiger partial charge in [0.15, 0.2) is 0 Å². The zero-order valence-corrected chi connectivity index (χ0v) is 33.7. The Kier molecular flexibility index (Phi) is 11.1. The van der Waals surface area contributed by atoms with Crippen molar-refractivity contribution in [3.05, 3.63) is 143 Å². The number of hydrogen-bond donors (Lipinski definition) is 0. The lowest BCUT2D eigenvalue weighted by atomic mass is 9.84. The maximum Gasteiger partial charge on any atom is 0.0887 e. The highest BCUT2D eigenvalue weighted by molar-refractivity contribution is 6.36. The van der Waals surface area contributed by atoms with E-state index in [0.717, 1.165) is 39.1 Å². The SMILES string of the molecule is CC(C)(C)c1ccc(N(c2ccc(C(C)(C)C)cc2)c2cccc(N(c3ccc(C4CCCCC4)cc3)c3ccc(C4CCCCC4)cc3)c2Cl)cc1. The van der Waals surface area contributed by atoms with Crippen molar-refractivity contribution in [1.29, 1.82) is 0 Å². The molecule has 0 saturated heterocycles. The summed E-state index contributed by atoms with van der Waals surface area (Å²) in [6.07, 6.45) is 13.3. The molecule has 0 N–H and O–H groups in total. The molecule has 2 aliphatic rings. The van der Waals surface area contributed by atoms with E-state index in [4.69, 9.17) is 11.6 Å². The van der Waals surface area contributed by atoms with Gasteiger partial charge in [-0.25, -0.2) is 0 Å². The van der Waals surface area contributed by atoms with Gasteiger partial charge in [-0.3, -0.25) is 0 Å². The van der Waals surface area contributed by atoms with Crippen LogP contribution in [0, 0.1) is 0 Å². The van der Waals surface area contributed by atoms with E-state index in [0.29, 0.717) is 11.8 Å². The quantitative estimate of drug-likeness (QED) is 0.157. The third-order valence-electron chi connectivity index (χ3n) is 11.9. The van der Waals surface area contributed by atoms with Gasteiger partial charge >= 0.3 is 0 Å². The van der Waals surface area contributed by atoms with Crippen LogP contribution in [0.25, 0.3) is 0 Å². The highest BCUT2D eigenvalue weighted by Crippen LogP contribution is 2.48. The Balaban J connectivity index is 1.33. The van der Waals surface area contributed by atoms with Gasteiger partial charge in [-0.15, -0.1) is 0 Å². The van der Waals surface area contributed by atoms with Gasteiger partial charge in [0.2, 0.25) is 0 Å². The van der Waals surface area contributed by atoms with Crippen LogP contribution in [-0.2, 0) is 10.8 Å². The van der Waals surface area contributed by atoms with Gasteiger partial charge in [-0.2, -0.15) is 0 Å². The van der Waals surface area contributed by atoms with Gasteiger partial charge in [0.1, 0.15) is 0 Å². The summed E-state index contributed by atoms with van der Waals surface area (Å²) in [6.45, 7) is 13.6. The van der Waals surface area contributed by atoms with E-state index >= 15 is 0 Å². The lowest BCUT2D eigenvalue weighted by molar-refractivity contribution is 0.443. The van der Waals surface area contributed by atoms with Crippen molar-refractivity contribution in [1.82, 2.24) is 0 Å². The average Bonchev–Trinajstić information content (AvgIpc) is 3.17. The molecule has 0 spiro atoms. The van der Waals surface area contributed by atoms with Crippen LogP contribution < -0.4 is 9.80 Å². The minimum atomic E-state index is 0.0643. The second-order valence-electron chi connectivity index (χ2n) is 17.7. The Morgan fingerprint density at radius 1 is 0.415 bits per heavy atom. The van der Waals surface area contributed by atoms with Crippen LogP contribution in [0.5, 0.6) is 0 Å². The van der Waals surface area contributed by atoms with Gasteiger partial charge in [-0.1, -0.05) is 146 Å². The molecule has 0 atom stereocenters. The Bertz CT molecular complexity index is 1810. The zero-order chi connectivity index (χ0) is 37.2. The molecule has 2 saturated carbocycles. The minimum Gasteiger partial charge on any atom is -0.309 e. The first-order valence-corrected chi connectivity index (χ1v) is 20.6. The highest BCUT2D eigenvalue weighted by Gasteiger charge is 2.25. The Hall–Kier alpha value is -4.01. The second-order valence-corrected chi connectivity index (χ2v) is 18.1. The lowest BCUT2D eigenvalue weighted by Gasteiger charge is -2.32. The van der Waals surface area contributed by atoms with Gasteiger partial charge in [0.25, 0.3) is 0 Å². The number of rotatable bonds is 8. The zero-order valence-electron chi connectivity index (χ0n) is 33.0. The summed E-state index contributed by atoms with van der Waals surface area (Å²) in [6, 6.07) is 43.3. The van der Waals surface area contributed by atoms with E-state index in [1.54, 1.807) is 0 Å². The van der Waals surface area contributed by atoms with Crippen LogP contribution >= 0.6 is 11.6 Å². The molecule has 53 heavy (non-hydrogen) atoms. The topological polar surface area (TPSA) is 6.48 Å². The second kappa shape index (κ2) is 15.8. The van der Waals surface area contributed by atoms with Gasteiger partial charge in [0, 0.05) is 22.7 Å². The first-order chi connectivity index (χ1) is 25.5. The van der Waals surface area contributed by atoms with Crippen LogP contribution in [0.4, 0.5) is 34.1 Å². The van der Waals surface area contributed by atoms with Gasteiger partial charge in [0.05, 0.1) is 16.4 Å². The molecule has 0 unspecified atom stereocenters. The largest absolute Gasteiger partial charge is 0.309 e. The smallest absolute Gasteiger partial charge is 0.0887 e. The lowest BCUT2D eigenvalue weighted by Crippen LogP contribution is -2.16. The van der Waals surface area contributed by atoms with Crippen molar-refractivity contribution >= 4 is 45.7 Å². The predicted molar refractivity (Wildman–Crippen MR) is 230 cm³/mol. The van der Waals surface area contributed by atoms with Crippen molar-refractivity contribution in [2.75, 3.05) is 9.80 Å². The summed E-state index contributed by atoms with van der Waals surface area (Å²) >= 11 is 7.73. The van der Waals surface area contributed by atoms with E-state index in [2.05, 4.69) is 167 Å². The van der Waals surface area contributed by atoms with Gasteiger partial charge in [-0.05, 0) is 131 Å². The maximum absolute atomic E-state index is 7.73. The summed E-state index contributed by atoms with van der Waals surface area (Å²) in [5, 5.41) is 0.722. The fraction of sp³-hybridized carbons (Fsp3) is 0.400. The number of hydrogen-bond acceptors (Lipinski definition) is 2. The molecule has 2 nitrogen and oxygen atoms in total. The molecule has 0 radical (unpaired) electrons. The Labute approximate surface area is 325 Å². The first kappa shape index (κ1) is 37.3. The molecule has 0 heterocycles. The van der Waals surface area contributed by atoms with Crippen LogP contribution in [0.15, 0.2) is 115 Å². The molecule has 0 bridgehead atoms. The third-order valence-corrected chi connectivity index (χ3v) is 12.3. The summed E-state index contributed by atoms with van der Waals surface area (Å²) in [5.41, 5.74) is 12.0. The predicted octanol–water partition coefficient (Wildman–Crippen LogP) is 16.0. The minimum absolute atomic E-state index is 0.0643. The van der Waals surface area contributed by atoms with E-state index in [1.165, 1.54) is 86.5 Å². The molecule has 5 aromatic rings. The van der Waals surface area contributed by atoms with Crippen LogP contribution in [0.3, 0.4) is 0 Å². The van der Waals surface area contributed by atoms with Crippen molar-refractivity contribution in [3.63, 3.8) is 0 Å². The molecule has 0 aliphatic heterocycles. The fourth-order valence-electron chi connectivity index (χ4n) is 8.59. The number of anilines is 6. The van der Waals surface area contributed by atoms with E-state index in [1.807, 2.05) is 0 Å². The molecule has 3 heteroatoms. The average molecular weight is 723 g/mol. The van der Waals surface area contributed by atoms with E-state index < -0.39 is 0 Å². The van der Waals surface area contributed by atoms with E-state index in [9.17, 15) is 0 Å². The van der Waals surface area contributed by atoms with Crippen molar-refractivity contribution in [3.8, 4) is 0 Å². The van der Waals surface area contributed by atoms with Crippen LogP contribution in [0.1, 0.15) is 140 Å². The number of benzene rings is 5. The highest BCUT2D eigenvalue weighted by atomic mass is 35.5. The molecule has 0 amide bonds. The molecule has 276 valence electrons. The van der Waals surface area contributed by atoms with Crippen LogP contribution in [0.2, 0.25) is 5.02 Å². The summed E-state index contributed by atoms with van der Waals surface area (Å²) in [5.74, 6) is 1.33. The molecule has 2 aliphatic carbocycles. The van der Waals surface area contributed by atoms with Crippen molar-refractivity contribution in [2.24, 2.45) is 0 Å². The monoisotopic (exact) mass is 722 g/mol. The number of nitrogens with zero attached hydrogens (tertiary/aromatic N) is 2. The van der Waals surface area contributed by atoms with E-state index in [-0.39, 0.29) is 10.8 Å². The first-order valence-electron chi connectivity index (χ1n) is 20.3. The van der Waals surface area contributed by atoms with Gasteiger partial charge < -0.3 is 9.80 Å². The normalized spacial score (nSPS) is 16.1. The molecule has 5 aromatic carbocycles. The molecular formula is C50H59ClN2. The molecule has 7 rings (SSSR count). The molecule has 2 fully saturated rings. The molecular weight excluding hydrogens is 664 g/mol. The van der Waals surface area contributed by atoms with Crippen LogP contribution in [-0.4, -0.2) is 0 Å². The standard InChI is InChI=1S/C50H59ClN2/c1-49(2,3)40-24-32-44(33-25-40)53(45-34-26-41(27-35-45)50(4,5)6)47-19-13-18-46(48(47)51)52(42-28-20-38(21-29-42)36-14-9-7-10-15-36)43-30-22-39(23-31-43)37-16-11-8-12-17-37/h13,18-37H,7-12,14-17H2,1-6H3. The third kappa shape index (κ3) is 8.39. The summed E-state index contributed by atoms with van der Waals surface area (Å²) < 4.78 is 0. The maximum atomic E-state index is 7.73. The Morgan fingerprint density at radius 2 is 0.717 bits per heavy atom. The van der Waals surface area contributed by atoms with Crippen molar-refractivity contribution in [2.45, 2.75) is 128 Å². The summed E-state index contributed by atoms with van der Waals surface area (Å²) in [7, 11) is 0. The fourth-order valence-corrected chi connectivity index (χ4v) is 8.89. The van der Waals surface area contributed by atoms with Crippen molar-refractivity contribution < 1.29 is 0 Å². The number of halogens is 1. The Morgan fingerprint density at radius 3 is 1.02 bits per heavy atom. The molecule has 0 aromatic heterocycles.